The van der Waals surface area contributed by atoms with Crippen molar-refractivity contribution in [3.63, 3.8) is 0 Å². The number of hydrogen-bond donors (Lipinski definition) is 11. The molecular formula is C30H47Na3O22. The predicted octanol–water partition coefficient (Wildman–Crippen LogP) is -19.1. The first-order valence-electron chi connectivity index (χ1n) is 16.4. The number of carbonyl (C=O) groups is 3. The fraction of sp³-hybridized carbons (Fsp3) is 0.900. The predicted molar refractivity (Wildman–Crippen MR) is 154 cm³/mol. The van der Waals surface area contributed by atoms with Gasteiger partial charge >= 0.3 is 88.7 Å². The Morgan fingerprint density at radius 3 is 1.24 bits per heavy atom. The van der Waals surface area contributed by atoms with Crippen LogP contribution in [0.1, 0.15) is 40.0 Å². The van der Waals surface area contributed by atoms with Crippen LogP contribution < -0.4 is 104 Å². The Labute approximate surface area is 381 Å². The zero-order chi connectivity index (χ0) is 39.7. The summed E-state index contributed by atoms with van der Waals surface area (Å²) in [6.45, 7) is 0.238. The molecule has 0 aromatic carbocycles. The number of hydrogen-bond acceptors (Lipinski definition) is 22. The number of aliphatic hydroxyl groups is 11. The van der Waals surface area contributed by atoms with E-state index >= 15 is 0 Å². The summed E-state index contributed by atoms with van der Waals surface area (Å²) in [5, 5.41) is 151. The smallest absolute Gasteiger partial charge is 0.544 e. The van der Waals surface area contributed by atoms with Gasteiger partial charge in [-0.05, 0) is 0 Å². The molecule has 0 aromatic heterocycles. The van der Waals surface area contributed by atoms with E-state index in [0.29, 0.717) is 0 Å². The summed E-state index contributed by atoms with van der Waals surface area (Å²) in [5.41, 5.74) is 0. The maximum atomic E-state index is 12.6. The number of aliphatic hydroxyl groups excluding tert-OH is 10. The zero-order valence-corrected chi connectivity index (χ0v) is 37.3. The molecule has 3 aliphatic heterocycles. The van der Waals surface area contributed by atoms with Gasteiger partial charge in [-0.15, -0.1) is 0 Å². The van der Waals surface area contributed by atoms with E-state index in [-0.39, 0.29) is 88.7 Å². The maximum Gasteiger partial charge on any atom is 1.00 e. The van der Waals surface area contributed by atoms with E-state index < -0.39 is 165 Å². The van der Waals surface area contributed by atoms with Crippen molar-refractivity contribution in [2.75, 3.05) is 19.8 Å². The van der Waals surface area contributed by atoms with Gasteiger partial charge in [0.25, 0.3) is 0 Å². The molecule has 0 radical (unpaired) electrons. The molecule has 0 aromatic rings. The second kappa shape index (κ2) is 22.6. The van der Waals surface area contributed by atoms with Crippen molar-refractivity contribution in [3.05, 3.63) is 0 Å². The van der Waals surface area contributed by atoms with Crippen molar-refractivity contribution in [2.45, 2.75) is 131 Å². The minimum absolute atomic E-state index is 0. The van der Waals surface area contributed by atoms with E-state index in [1.807, 2.05) is 0 Å². The van der Waals surface area contributed by atoms with Crippen LogP contribution in [0.4, 0.5) is 0 Å². The van der Waals surface area contributed by atoms with Crippen LogP contribution in [0.25, 0.3) is 0 Å². The van der Waals surface area contributed by atoms with Gasteiger partial charge < -0.3 is 110 Å². The number of carbonyl (C=O) groups excluding carboxylic acids is 3. The van der Waals surface area contributed by atoms with E-state index in [4.69, 9.17) is 23.7 Å². The number of aliphatic carboxylic acids is 3. The summed E-state index contributed by atoms with van der Waals surface area (Å²) in [6.07, 6.45) is -26.2. The second-order valence-corrected chi connectivity index (χ2v) is 13.7. The topological polar surface area (TPSA) is 389 Å². The molecule has 18 atom stereocenters. The van der Waals surface area contributed by atoms with Crippen LogP contribution in [0, 0.1) is 17.8 Å². The molecule has 3 fully saturated rings. The molecule has 0 amide bonds. The van der Waals surface area contributed by atoms with Crippen molar-refractivity contribution >= 4 is 17.9 Å². The van der Waals surface area contributed by atoms with Crippen molar-refractivity contribution < 1.29 is 198 Å². The average molecular weight is 829 g/mol. The molecule has 55 heavy (non-hydrogen) atoms. The molecule has 3 rings (SSSR count). The average Bonchev–Trinajstić information content (AvgIpc) is 3.09. The Kier molecular flexibility index (Phi) is 22.9. The molecule has 0 aliphatic carbocycles. The van der Waals surface area contributed by atoms with Crippen LogP contribution >= 0.6 is 0 Å². The quantitative estimate of drug-likeness (QED) is 0.0643. The van der Waals surface area contributed by atoms with Gasteiger partial charge in [-0.3, -0.25) is 0 Å². The summed E-state index contributed by atoms with van der Waals surface area (Å²) < 4.78 is 27.0. The van der Waals surface area contributed by atoms with Gasteiger partial charge in [0.2, 0.25) is 17.4 Å². The third-order valence-corrected chi connectivity index (χ3v) is 10.1. The van der Waals surface area contributed by atoms with Gasteiger partial charge in [0.05, 0.1) is 56.4 Å². The fourth-order valence-electron chi connectivity index (χ4n) is 6.63. The minimum Gasteiger partial charge on any atom is -0.544 e. The molecule has 25 heteroatoms. The van der Waals surface area contributed by atoms with E-state index in [1.165, 1.54) is 20.8 Å². The first kappa shape index (κ1) is 55.8. The summed E-state index contributed by atoms with van der Waals surface area (Å²) in [6, 6.07) is 0. The molecule has 0 spiro atoms. The third-order valence-electron chi connectivity index (χ3n) is 10.1. The van der Waals surface area contributed by atoms with Gasteiger partial charge in [0.15, 0.2) is 0 Å². The second-order valence-electron chi connectivity index (χ2n) is 13.7. The van der Waals surface area contributed by atoms with E-state index in [1.54, 1.807) is 0 Å². The standard InChI is InChI=1S/C30H50O22.3Na/c1-10-13(34)4-28(47,25(41)42)50-23(10)20(39)17(8-32)48-30(27(45)46)6-15(36)12(3)24(52-30)21(40)18(9-33)49-29(26(43)44)5-14(35)11(2)22(51-29)19(38)16(37)7-31;;;/h10-24,31-40,47H,4-9H2,1-3H3,(H,41,42)(H,43,44)(H,45,46);;;/q;3*+1/p-3/t10-,11-,12-,13-,14-,15-,16-,17?,18?,19?,20?,21?,22?,23?,24?,28-,29-,30-;;;/m1.../s1. The van der Waals surface area contributed by atoms with Crippen molar-refractivity contribution in [1.29, 1.82) is 0 Å². The summed E-state index contributed by atoms with van der Waals surface area (Å²) in [7, 11) is 0. The fourth-order valence-corrected chi connectivity index (χ4v) is 6.63. The van der Waals surface area contributed by atoms with E-state index in [0.717, 1.165) is 0 Å². The first-order valence-corrected chi connectivity index (χ1v) is 16.4. The number of ether oxygens (including phenoxy) is 5. The minimum atomic E-state index is -3.18. The Hall–Kier alpha value is 0.770. The Morgan fingerprint density at radius 2 is 0.927 bits per heavy atom. The van der Waals surface area contributed by atoms with Crippen LogP contribution in [0.2, 0.25) is 0 Å². The normalized spacial score (nSPS) is 39.7. The van der Waals surface area contributed by atoms with Crippen LogP contribution in [0.3, 0.4) is 0 Å². The van der Waals surface area contributed by atoms with Gasteiger partial charge in [-0.25, -0.2) is 0 Å². The number of carboxylic acid groups (broad SMARTS) is 3. The molecular weight excluding hydrogens is 781 g/mol. The number of rotatable bonds is 16. The molecule has 11 N–H and O–H groups in total. The molecule has 22 nitrogen and oxygen atoms in total. The SMILES string of the molecule is C[C@H]1C(C(O)C(CO)O[C@]2(C(=O)[O-])C[C@@H](O)[C@@H](C)C(C(O)C(CO)O[C@]3(C(=O)[O-])C[C@@H](O)[C@@H](C)C(C(O)[C@H](O)CO)O3)O2)O[C@@](O)(C(=O)[O-])C[C@H]1O.[Na+].[Na+].[Na+]. The van der Waals surface area contributed by atoms with Gasteiger partial charge in [0, 0.05) is 37.0 Å². The Bertz CT molecular complexity index is 1260. The zero-order valence-electron chi connectivity index (χ0n) is 31.3. The molecule has 0 bridgehead atoms. The van der Waals surface area contributed by atoms with Gasteiger partial charge in [-0.1, -0.05) is 20.8 Å². The van der Waals surface area contributed by atoms with Crippen molar-refractivity contribution in [3.8, 4) is 0 Å². The molecule has 8 unspecified atom stereocenters. The van der Waals surface area contributed by atoms with Crippen LogP contribution in [-0.4, -0.2) is 185 Å². The van der Waals surface area contributed by atoms with Crippen LogP contribution in [0.5, 0.6) is 0 Å². The molecule has 302 valence electrons. The van der Waals surface area contributed by atoms with E-state index in [2.05, 4.69) is 0 Å². The van der Waals surface area contributed by atoms with Crippen molar-refractivity contribution in [2.24, 2.45) is 17.8 Å². The molecule has 3 aliphatic rings. The molecule has 0 saturated carbocycles. The number of carboxylic acids is 3. The summed E-state index contributed by atoms with van der Waals surface area (Å²) in [4.78, 5) is 36.5. The molecule has 3 saturated heterocycles. The Morgan fingerprint density at radius 1 is 0.600 bits per heavy atom. The van der Waals surface area contributed by atoms with Crippen LogP contribution in [0.15, 0.2) is 0 Å². The van der Waals surface area contributed by atoms with Crippen LogP contribution in [-0.2, 0) is 38.1 Å². The first-order chi connectivity index (χ1) is 24.0. The summed E-state index contributed by atoms with van der Waals surface area (Å²) >= 11 is 0. The van der Waals surface area contributed by atoms with Gasteiger partial charge in [-0.2, -0.15) is 0 Å². The van der Waals surface area contributed by atoms with Crippen molar-refractivity contribution in [1.82, 2.24) is 0 Å². The Balaban J connectivity index is 0.00000972. The largest absolute Gasteiger partial charge is 1.00 e. The maximum absolute atomic E-state index is 12.6. The van der Waals surface area contributed by atoms with Gasteiger partial charge in [0.1, 0.15) is 54.5 Å². The van der Waals surface area contributed by atoms with E-state index in [9.17, 15) is 85.9 Å². The summed E-state index contributed by atoms with van der Waals surface area (Å²) in [5.74, 6) is -19.6. The monoisotopic (exact) mass is 828 g/mol. The molecule has 3 heterocycles. The third kappa shape index (κ3) is 12.0.